The molecule has 0 saturated heterocycles. The minimum atomic E-state index is -0.387. The molecule has 1 aliphatic rings. The lowest BCUT2D eigenvalue weighted by atomic mass is 9.96. The van der Waals surface area contributed by atoms with Crippen LogP contribution in [-0.4, -0.2) is 20.5 Å². The highest BCUT2D eigenvalue weighted by atomic mass is 16.6. The fraction of sp³-hybridized carbons (Fsp3) is 0.500. The Morgan fingerprint density at radius 2 is 2.10 bits per heavy atom. The summed E-state index contributed by atoms with van der Waals surface area (Å²) in [5.41, 5.74) is 1.66. The number of nitro groups is 1. The van der Waals surface area contributed by atoms with E-state index in [4.69, 9.17) is 0 Å². The fourth-order valence-corrected chi connectivity index (χ4v) is 2.86. The molecule has 0 radical (unpaired) electrons. The van der Waals surface area contributed by atoms with Gasteiger partial charge < -0.3 is 9.88 Å². The molecule has 6 nitrogen and oxygen atoms in total. The Morgan fingerprint density at radius 1 is 1.35 bits per heavy atom. The second-order valence-electron chi connectivity index (χ2n) is 5.40. The Bertz CT molecular complexity index is 644. The molecule has 1 aliphatic carbocycles. The Morgan fingerprint density at radius 3 is 2.80 bits per heavy atom. The van der Waals surface area contributed by atoms with Crippen molar-refractivity contribution in [2.75, 3.05) is 5.32 Å². The summed E-state index contributed by atoms with van der Waals surface area (Å²) < 4.78 is 1.97. The Labute approximate surface area is 117 Å². The minimum Gasteiger partial charge on any atom is -0.353 e. The van der Waals surface area contributed by atoms with Crippen LogP contribution in [0.5, 0.6) is 0 Å². The summed E-state index contributed by atoms with van der Waals surface area (Å²) in [5, 5.41) is 14.3. The molecule has 2 aromatic rings. The molecule has 20 heavy (non-hydrogen) atoms. The summed E-state index contributed by atoms with van der Waals surface area (Å²) in [7, 11) is 1.94. The first-order valence-corrected chi connectivity index (χ1v) is 7.02. The molecule has 1 aromatic heterocycles. The van der Waals surface area contributed by atoms with Crippen molar-refractivity contribution >= 4 is 22.7 Å². The highest BCUT2D eigenvalue weighted by Crippen LogP contribution is 2.25. The Balaban J connectivity index is 1.91. The molecule has 0 unspecified atom stereocenters. The SMILES string of the molecule is Cn1c(NC2CCCCC2)nc2cc([N+](=O)[O-])ccc21. The number of rotatable bonds is 3. The maximum atomic E-state index is 10.8. The standard InChI is InChI=1S/C14H18N4O2/c1-17-13-8-7-11(18(19)20)9-12(13)16-14(17)15-10-5-3-2-4-6-10/h7-10H,2-6H2,1H3,(H,15,16). The second kappa shape index (κ2) is 5.11. The quantitative estimate of drug-likeness (QED) is 0.689. The van der Waals surface area contributed by atoms with Crippen LogP contribution < -0.4 is 5.32 Å². The lowest BCUT2D eigenvalue weighted by Crippen LogP contribution is -2.23. The number of hydrogen-bond acceptors (Lipinski definition) is 4. The van der Waals surface area contributed by atoms with Gasteiger partial charge >= 0.3 is 0 Å². The lowest BCUT2D eigenvalue weighted by molar-refractivity contribution is -0.384. The van der Waals surface area contributed by atoms with Gasteiger partial charge in [0, 0.05) is 25.2 Å². The van der Waals surface area contributed by atoms with Crippen LogP contribution in [0.15, 0.2) is 18.2 Å². The van der Waals surface area contributed by atoms with Crippen molar-refractivity contribution in [2.45, 2.75) is 38.1 Å². The molecule has 1 heterocycles. The number of benzene rings is 1. The average molecular weight is 274 g/mol. The lowest BCUT2D eigenvalue weighted by Gasteiger charge is -2.23. The van der Waals surface area contributed by atoms with Gasteiger partial charge in [-0.2, -0.15) is 0 Å². The number of aromatic nitrogens is 2. The topological polar surface area (TPSA) is 73.0 Å². The van der Waals surface area contributed by atoms with Gasteiger partial charge in [-0.3, -0.25) is 10.1 Å². The number of aryl methyl sites for hydroxylation is 1. The molecule has 1 aromatic carbocycles. The van der Waals surface area contributed by atoms with Crippen LogP contribution in [0.4, 0.5) is 11.6 Å². The first-order chi connectivity index (χ1) is 9.65. The summed E-state index contributed by atoms with van der Waals surface area (Å²) >= 11 is 0. The Hall–Kier alpha value is -2.11. The van der Waals surface area contributed by atoms with Crippen molar-refractivity contribution in [1.82, 2.24) is 9.55 Å². The molecule has 0 atom stereocenters. The van der Waals surface area contributed by atoms with E-state index in [0.717, 1.165) is 11.5 Å². The van der Waals surface area contributed by atoms with E-state index in [1.54, 1.807) is 6.07 Å². The number of hydrogen-bond donors (Lipinski definition) is 1. The number of fused-ring (bicyclic) bond motifs is 1. The Kier molecular flexibility index (Phi) is 3.30. The monoisotopic (exact) mass is 274 g/mol. The van der Waals surface area contributed by atoms with Gasteiger partial charge in [-0.15, -0.1) is 0 Å². The smallest absolute Gasteiger partial charge is 0.271 e. The zero-order valence-electron chi connectivity index (χ0n) is 11.5. The molecule has 0 bridgehead atoms. The van der Waals surface area contributed by atoms with Crippen molar-refractivity contribution in [3.63, 3.8) is 0 Å². The highest BCUT2D eigenvalue weighted by molar-refractivity contribution is 5.81. The predicted octanol–water partition coefficient (Wildman–Crippen LogP) is 3.23. The van der Waals surface area contributed by atoms with Crippen molar-refractivity contribution in [2.24, 2.45) is 7.05 Å². The molecule has 6 heteroatoms. The van der Waals surface area contributed by atoms with Gasteiger partial charge in [0.2, 0.25) is 5.95 Å². The molecule has 1 fully saturated rings. The number of non-ortho nitro benzene ring substituents is 1. The van der Waals surface area contributed by atoms with Crippen molar-refractivity contribution in [3.05, 3.63) is 28.3 Å². The number of nitrogens with zero attached hydrogens (tertiary/aromatic N) is 3. The van der Waals surface area contributed by atoms with E-state index in [1.165, 1.54) is 44.2 Å². The third kappa shape index (κ3) is 2.33. The molecule has 106 valence electrons. The first-order valence-electron chi connectivity index (χ1n) is 7.02. The average Bonchev–Trinajstić information content (AvgIpc) is 2.76. The van der Waals surface area contributed by atoms with E-state index in [1.807, 2.05) is 11.6 Å². The van der Waals surface area contributed by atoms with Gasteiger partial charge in [0.05, 0.1) is 16.0 Å². The van der Waals surface area contributed by atoms with Gasteiger partial charge in [-0.1, -0.05) is 19.3 Å². The van der Waals surface area contributed by atoms with Crippen LogP contribution in [0.3, 0.4) is 0 Å². The summed E-state index contributed by atoms with van der Waals surface area (Å²) in [4.78, 5) is 14.9. The summed E-state index contributed by atoms with van der Waals surface area (Å²) in [6.07, 6.45) is 6.17. The highest BCUT2D eigenvalue weighted by Gasteiger charge is 2.17. The first kappa shape index (κ1) is 12.9. The number of imidazole rings is 1. The van der Waals surface area contributed by atoms with E-state index >= 15 is 0 Å². The van der Waals surface area contributed by atoms with E-state index < -0.39 is 0 Å². The summed E-state index contributed by atoms with van der Waals surface area (Å²) in [5.74, 6) is 0.799. The number of nitro benzene ring substituents is 1. The normalized spacial score (nSPS) is 16.4. The maximum Gasteiger partial charge on any atom is 0.271 e. The van der Waals surface area contributed by atoms with Crippen molar-refractivity contribution in [1.29, 1.82) is 0 Å². The predicted molar refractivity (Wildman–Crippen MR) is 77.9 cm³/mol. The van der Waals surface area contributed by atoms with E-state index in [-0.39, 0.29) is 10.6 Å². The van der Waals surface area contributed by atoms with Crippen molar-refractivity contribution in [3.8, 4) is 0 Å². The van der Waals surface area contributed by atoms with Crippen LogP contribution in [0, 0.1) is 10.1 Å². The van der Waals surface area contributed by atoms with E-state index in [0.29, 0.717) is 11.6 Å². The maximum absolute atomic E-state index is 10.8. The third-order valence-electron chi connectivity index (χ3n) is 4.01. The largest absolute Gasteiger partial charge is 0.353 e. The third-order valence-corrected chi connectivity index (χ3v) is 4.01. The molecule has 3 rings (SSSR count). The number of anilines is 1. The zero-order valence-corrected chi connectivity index (χ0v) is 11.5. The van der Waals surface area contributed by atoms with E-state index in [2.05, 4.69) is 10.3 Å². The summed E-state index contributed by atoms with van der Waals surface area (Å²) in [6, 6.07) is 5.27. The van der Waals surface area contributed by atoms with Gasteiger partial charge in [0.25, 0.3) is 5.69 Å². The summed E-state index contributed by atoms with van der Waals surface area (Å²) in [6.45, 7) is 0. The van der Waals surface area contributed by atoms with Gasteiger partial charge in [0.15, 0.2) is 0 Å². The van der Waals surface area contributed by atoms with Gasteiger partial charge in [0.1, 0.15) is 0 Å². The van der Waals surface area contributed by atoms with Crippen LogP contribution in [0.25, 0.3) is 11.0 Å². The minimum absolute atomic E-state index is 0.0832. The molecule has 1 N–H and O–H groups in total. The molecular formula is C14H18N4O2. The number of nitrogens with one attached hydrogen (secondary N) is 1. The van der Waals surface area contributed by atoms with Crippen LogP contribution in [0.1, 0.15) is 32.1 Å². The molecule has 0 aliphatic heterocycles. The van der Waals surface area contributed by atoms with Gasteiger partial charge in [-0.05, 0) is 18.9 Å². The molecule has 0 amide bonds. The van der Waals surface area contributed by atoms with Crippen LogP contribution >= 0.6 is 0 Å². The van der Waals surface area contributed by atoms with E-state index in [9.17, 15) is 10.1 Å². The van der Waals surface area contributed by atoms with Crippen LogP contribution in [0.2, 0.25) is 0 Å². The fourth-order valence-electron chi connectivity index (χ4n) is 2.86. The van der Waals surface area contributed by atoms with Crippen molar-refractivity contribution < 1.29 is 4.92 Å². The van der Waals surface area contributed by atoms with Gasteiger partial charge in [-0.25, -0.2) is 4.98 Å². The molecule has 1 saturated carbocycles. The molecule has 0 spiro atoms. The molecular weight excluding hydrogens is 256 g/mol. The van der Waals surface area contributed by atoms with Crippen LogP contribution in [-0.2, 0) is 7.05 Å². The second-order valence-corrected chi connectivity index (χ2v) is 5.40. The zero-order chi connectivity index (χ0) is 14.1.